The van der Waals surface area contributed by atoms with E-state index in [0.717, 1.165) is 47.0 Å². The van der Waals surface area contributed by atoms with E-state index in [1.807, 2.05) is 29.7 Å². The van der Waals surface area contributed by atoms with Crippen LogP contribution in [0.2, 0.25) is 0 Å². The van der Waals surface area contributed by atoms with E-state index in [4.69, 9.17) is 0 Å². The zero-order valence-electron chi connectivity index (χ0n) is 15.3. The predicted molar refractivity (Wildman–Crippen MR) is 96.3 cm³/mol. The second kappa shape index (κ2) is 6.44. The Hall–Kier alpha value is -2.90. The zero-order chi connectivity index (χ0) is 18.3. The number of carbonyl (C=O) groups excluding carboxylic acids is 1. The van der Waals surface area contributed by atoms with Crippen LogP contribution in [0.5, 0.6) is 0 Å². The van der Waals surface area contributed by atoms with Crippen LogP contribution in [0, 0.1) is 13.8 Å². The summed E-state index contributed by atoms with van der Waals surface area (Å²) in [6.45, 7) is 5.35. The Morgan fingerprint density at radius 1 is 1.35 bits per heavy atom. The minimum atomic E-state index is 0.178. The Morgan fingerprint density at radius 3 is 2.88 bits per heavy atom. The summed E-state index contributed by atoms with van der Waals surface area (Å²) < 4.78 is 1.88. The van der Waals surface area contributed by atoms with Crippen LogP contribution in [-0.2, 0) is 31.2 Å². The number of rotatable bonds is 4. The van der Waals surface area contributed by atoms with Gasteiger partial charge in [-0.2, -0.15) is 10.2 Å². The van der Waals surface area contributed by atoms with E-state index in [-0.39, 0.29) is 5.91 Å². The van der Waals surface area contributed by atoms with Gasteiger partial charge in [0.05, 0.1) is 35.4 Å². The van der Waals surface area contributed by atoms with Crippen LogP contribution < -0.4 is 0 Å². The predicted octanol–water partition coefficient (Wildman–Crippen LogP) is 1.67. The highest BCUT2D eigenvalue weighted by atomic mass is 16.2. The van der Waals surface area contributed by atoms with E-state index < -0.39 is 0 Å². The minimum Gasteiger partial charge on any atom is -0.340 e. The van der Waals surface area contributed by atoms with E-state index in [0.29, 0.717) is 19.5 Å². The number of fused-ring (bicyclic) bond motifs is 1. The summed E-state index contributed by atoms with van der Waals surface area (Å²) in [6, 6.07) is 0. The minimum absolute atomic E-state index is 0.178. The van der Waals surface area contributed by atoms with Crippen molar-refractivity contribution in [2.75, 3.05) is 6.54 Å². The number of imidazole rings is 1. The smallest absolute Gasteiger partial charge is 0.223 e. The number of carbonyl (C=O) groups is 1. The van der Waals surface area contributed by atoms with Gasteiger partial charge >= 0.3 is 0 Å². The summed E-state index contributed by atoms with van der Waals surface area (Å²) in [5.41, 5.74) is 6.33. The van der Waals surface area contributed by atoms with Gasteiger partial charge in [-0.1, -0.05) is 0 Å². The van der Waals surface area contributed by atoms with Gasteiger partial charge in [-0.3, -0.25) is 14.6 Å². The van der Waals surface area contributed by atoms with E-state index in [1.165, 1.54) is 5.56 Å². The molecule has 26 heavy (non-hydrogen) atoms. The molecule has 8 heteroatoms. The normalized spacial score (nSPS) is 13.9. The molecule has 0 fully saturated rings. The molecule has 1 aliphatic rings. The van der Waals surface area contributed by atoms with Gasteiger partial charge in [0.2, 0.25) is 5.91 Å². The summed E-state index contributed by atoms with van der Waals surface area (Å²) in [5, 5.41) is 11.2. The van der Waals surface area contributed by atoms with Crippen molar-refractivity contribution in [1.82, 2.24) is 34.8 Å². The van der Waals surface area contributed by atoms with E-state index in [9.17, 15) is 4.79 Å². The molecule has 0 saturated heterocycles. The number of amides is 1. The summed E-state index contributed by atoms with van der Waals surface area (Å²) in [7, 11) is 1.94. The number of nitrogens with zero attached hydrogens (tertiary/aromatic N) is 5. The second-order valence-corrected chi connectivity index (χ2v) is 6.84. The summed E-state index contributed by atoms with van der Waals surface area (Å²) in [6.07, 6.45) is 5.57. The van der Waals surface area contributed by atoms with Crippen LogP contribution in [-0.4, -0.2) is 47.3 Å². The van der Waals surface area contributed by atoms with Crippen LogP contribution in [0.1, 0.15) is 34.8 Å². The maximum atomic E-state index is 12.7. The standard InChI is InChI=1S/C18H23N7O/c1-11-14(12(2)24(3)23-11)4-5-17(26)25-7-6-15-16(10-25)22-18(21-15)13-8-19-20-9-13/h8-9H,4-7,10H2,1-3H3,(H,19,20)(H,21,22). The maximum absolute atomic E-state index is 12.7. The molecular weight excluding hydrogens is 330 g/mol. The molecular formula is C18H23N7O. The molecule has 1 aliphatic heterocycles. The van der Waals surface area contributed by atoms with E-state index >= 15 is 0 Å². The topological polar surface area (TPSA) is 95.5 Å². The number of aromatic amines is 2. The van der Waals surface area contributed by atoms with Crippen LogP contribution in [0.15, 0.2) is 12.4 Å². The van der Waals surface area contributed by atoms with Crippen LogP contribution in [0.3, 0.4) is 0 Å². The fraction of sp³-hybridized carbons (Fsp3) is 0.444. The Kier molecular flexibility index (Phi) is 4.10. The quantitative estimate of drug-likeness (QED) is 0.746. The Bertz CT molecular complexity index is 935. The summed E-state index contributed by atoms with van der Waals surface area (Å²) in [4.78, 5) is 22.6. The van der Waals surface area contributed by atoms with Gasteiger partial charge in [0.15, 0.2) is 0 Å². The van der Waals surface area contributed by atoms with E-state index in [2.05, 4.69) is 32.2 Å². The van der Waals surface area contributed by atoms with Crippen molar-refractivity contribution in [3.8, 4) is 11.4 Å². The van der Waals surface area contributed by atoms with Crippen molar-refractivity contribution in [2.24, 2.45) is 7.05 Å². The van der Waals surface area contributed by atoms with Crippen molar-refractivity contribution in [3.63, 3.8) is 0 Å². The molecule has 1 amide bonds. The molecule has 3 aromatic rings. The molecule has 8 nitrogen and oxygen atoms in total. The number of aryl methyl sites for hydroxylation is 2. The molecule has 4 heterocycles. The molecule has 3 aromatic heterocycles. The summed E-state index contributed by atoms with van der Waals surface area (Å²) >= 11 is 0. The number of nitrogens with one attached hydrogen (secondary N) is 2. The third-order valence-electron chi connectivity index (χ3n) is 5.20. The monoisotopic (exact) mass is 353 g/mol. The molecule has 0 spiro atoms. The van der Waals surface area contributed by atoms with Crippen molar-refractivity contribution >= 4 is 5.91 Å². The lowest BCUT2D eigenvalue weighted by Crippen LogP contribution is -2.36. The third kappa shape index (κ3) is 2.91. The average molecular weight is 353 g/mol. The SMILES string of the molecule is Cc1nn(C)c(C)c1CCC(=O)N1CCc2nc(-c3cn[nH]c3)[nH]c2C1. The summed E-state index contributed by atoms with van der Waals surface area (Å²) in [5.74, 6) is 0.984. The molecule has 4 rings (SSSR count). The fourth-order valence-electron chi connectivity index (χ4n) is 3.59. The van der Waals surface area contributed by atoms with Gasteiger partial charge in [0, 0.05) is 38.3 Å². The molecule has 0 bridgehead atoms. The van der Waals surface area contributed by atoms with E-state index in [1.54, 1.807) is 6.20 Å². The number of aromatic nitrogens is 6. The average Bonchev–Trinajstić information content (AvgIpc) is 3.33. The van der Waals surface area contributed by atoms with Crippen LogP contribution in [0.4, 0.5) is 0 Å². The Balaban J connectivity index is 1.42. The van der Waals surface area contributed by atoms with Crippen molar-refractivity contribution in [2.45, 2.75) is 39.7 Å². The first-order chi connectivity index (χ1) is 12.5. The van der Waals surface area contributed by atoms with Gasteiger partial charge in [0.1, 0.15) is 5.82 Å². The third-order valence-corrected chi connectivity index (χ3v) is 5.20. The van der Waals surface area contributed by atoms with Crippen molar-refractivity contribution < 1.29 is 4.79 Å². The number of hydrogen-bond acceptors (Lipinski definition) is 4. The van der Waals surface area contributed by atoms with Gasteiger partial charge < -0.3 is 9.88 Å². The molecule has 0 radical (unpaired) electrons. The fourth-order valence-corrected chi connectivity index (χ4v) is 3.59. The second-order valence-electron chi connectivity index (χ2n) is 6.84. The van der Waals surface area contributed by atoms with Crippen LogP contribution >= 0.6 is 0 Å². The zero-order valence-corrected chi connectivity index (χ0v) is 15.3. The number of hydrogen-bond donors (Lipinski definition) is 2. The lowest BCUT2D eigenvalue weighted by Gasteiger charge is -2.26. The molecule has 0 aliphatic carbocycles. The van der Waals surface area contributed by atoms with Crippen molar-refractivity contribution in [1.29, 1.82) is 0 Å². The first kappa shape index (κ1) is 16.6. The van der Waals surface area contributed by atoms with Crippen molar-refractivity contribution in [3.05, 3.63) is 40.7 Å². The first-order valence-corrected chi connectivity index (χ1v) is 8.86. The molecule has 0 saturated carbocycles. The molecule has 136 valence electrons. The lowest BCUT2D eigenvalue weighted by molar-refractivity contribution is -0.132. The highest BCUT2D eigenvalue weighted by molar-refractivity contribution is 5.76. The van der Waals surface area contributed by atoms with Gasteiger partial charge in [0.25, 0.3) is 0 Å². The molecule has 0 atom stereocenters. The highest BCUT2D eigenvalue weighted by Crippen LogP contribution is 2.23. The first-order valence-electron chi connectivity index (χ1n) is 8.86. The molecule has 0 unspecified atom stereocenters. The Morgan fingerprint density at radius 2 is 2.19 bits per heavy atom. The molecule has 0 aromatic carbocycles. The molecule has 2 N–H and O–H groups in total. The van der Waals surface area contributed by atoms with Gasteiger partial charge in [-0.15, -0.1) is 0 Å². The van der Waals surface area contributed by atoms with Gasteiger partial charge in [-0.25, -0.2) is 4.98 Å². The van der Waals surface area contributed by atoms with Gasteiger partial charge in [-0.05, 0) is 25.8 Å². The number of H-pyrrole nitrogens is 2. The Labute approximate surface area is 151 Å². The van der Waals surface area contributed by atoms with Crippen LogP contribution in [0.25, 0.3) is 11.4 Å². The maximum Gasteiger partial charge on any atom is 0.223 e. The highest BCUT2D eigenvalue weighted by Gasteiger charge is 2.24. The lowest BCUT2D eigenvalue weighted by atomic mass is 10.1. The largest absolute Gasteiger partial charge is 0.340 e.